The number of rotatable bonds is 0. The largest absolute Gasteiger partial charge is 0.293 e. The molecule has 0 bridgehead atoms. The van der Waals surface area contributed by atoms with E-state index in [1.165, 1.54) is 0 Å². The summed E-state index contributed by atoms with van der Waals surface area (Å²) in [5, 5.41) is 2.42. The molecule has 0 unspecified atom stereocenters. The van der Waals surface area contributed by atoms with E-state index in [0.717, 1.165) is 19.4 Å². The van der Waals surface area contributed by atoms with E-state index in [2.05, 4.69) is 5.32 Å². The molecule has 13 heavy (non-hydrogen) atoms. The Morgan fingerprint density at radius 1 is 1.46 bits per heavy atom. The highest BCUT2D eigenvalue weighted by atomic mass is 16.2. The first-order chi connectivity index (χ1) is 6.03. The molecule has 0 aromatic rings. The molecule has 2 saturated heterocycles. The minimum absolute atomic E-state index is 0.0762. The normalized spacial score (nSPS) is 32.9. The van der Waals surface area contributed by atoms with Gasteiger partial charge in [-0.2, -0.15) is 0 Å². The Morgan fingerprint density at radius 2 is 2.15 bits per heavy atom. The van der Waals surface area contributed by atoms with Crippen molar-refractivity contribution in [1.29, 1.82) is 0 Å². The van der Waals surface area contributed by atoms with Crippen LogP contribution in [-0.2, 0) is 9.59 Å². The van der Waals surface area contributed by atoms with E-state index in [1.54, 1.807) is 0 Å². The predicted octanol–water partition coefficient (Wildman–Crippen LogP) is -0.114. The summed E-state index contributed by atoms with van der Waals surface area (Å²) < 4.78 is 0. The first kappa shape index (κ1) is 8.69. The van der Waals surface area contributed by atoms with E-state index in [9.17, 15) is 9.59 Å². The second-order valence-corrected chi connectivity index (χ2v) is 4.23. The topological polar surface area (TPSA) is 49.4 Å². The van der Waals surface area contributed by atoms with E-state index in [-0.39, 0.29) is 17.9 Å². The molecule has 1 atom stereocenters. The van der Waals surface area contributed by atoms with Crippen molar-refractivity contribution in [3.05, 3.63) is 0 Å². The fraction of sp³-hybridized carbons (Fsp3) is 0.778. The zero-order valence-electron chi connectivity index (χ0n) is 7.96. The van der Waals surface area contributed by atoms with Crippen LogP contribution < -0.4 is 5.32 Å². The third kappa shape index (κ3) is 1.09. The van der Waals surface area contributed by atoms with Crippen LogP contribution in [0.5, 0.6) is 0 Å². The quantitative estimate of drug-likeness (QED) is 0.532. The summed E-state index contributed by atoms with van der Waals surface area (Å²) in [6, 6.07) is -0.0762. The summed E-state index contributed by atoms with van der Waals surface area (Å²) >= 11 is 0. The SMILES string of the molecule is CC1(C)C(=O)NC(=O)[C@H]2CCCN21. The Kier molecular flexibility index (Phi) is 1.70. The molecule has 1 N–H and O–H groups in total. The van der Waals surface area contributed by atoms with Crippen molar-refractivity contribution in [1.82, 2.24) is 10.2 Å². The number of carbonyl (C=O) groups excluding carboxylic acids is 2. The van der Waals surface area contributed by atoms with Gasteiger partial charge in [0.1, 0.15) is 0 Å². The van der Waals surface area contributed by atoms with Gasteiger partial charge in [-0.25, -0.2) is 0 Å². The highest BCUT2D eigenvalue weighted by Gasteiger charge is 2.48. The minimum atomic E-state index is -0.519. The molecule has 2 aliphatic heterocycles. The zero-order valence-corrected chi connectivity index (χ0v) is 7.96. The summed E-state index contributed by atoms with van der Waals surface area (Å²) in [5.41, 5.74) is -0.519. The number of piperazine rings is 1. The molecule has 72 valence electrons. The number of hydrogen-bond acceptors (Lipinski definition) is 3. The fourth-order valence-electron chi connectivity index (χ4n) is 2.19. The first-order valence-corrected chi connectivity index (χ1v) is 4.65. The van der Waals surface area contributed by atoms with Crippen LogP contribution >= 0.6 is 0 Å². The van der Waals surface area contributed by atoms with Gasteiger partial charge in [0.15, 0.2) is 0 Å². The molecule has 0 spiro atoms. The molecule has 2 aliphatic rings. The zero-order chi connectivity index (χ0) is 9.64. The maximum atomic E-state index is 11.5. The van der Waals surface area contributed by atoms with Crippen LogP contribution in [-0.4, -0.2) is 34.8 Å². The van der Waals surface area contributed by atoms with Crippen molar-refractivity contribution in [2.24, 2.45) is 0 Å². The molecule has 2 rings (SSSR count). The first-order valence-electron chi connectivity index (χ1n) is 4.65. The lowest BCUT2D eigenvalue weighted by Crippen LogP contribution is -2.66. The third-order valence-electron chi connectivity index (χ3n) is 3.07. The van der Waals surface area contributed by atoms with E-state index >= 15 is 0 Å². The molecule has 0 aromatic carbocycles. The van der Waals surface area contributed by atoms with Crippen LogP contribution in [0.2, 0.25) is 0 Å². The van der Waals surface area contributed by atoms with Crippen molar-refractivity contribution < 1.29 is 9.59 Å². The molecule has 2 fully saturated rings. The van der Waals surface area contributed by atoms with Gasteiger partial charge in [0, 0.05) is 6.54 Å². The second kappa shape index (κ2) is 2.54. The number of nitrogens with one attached hydrogen (secondary N) is 1. The maximum absolute atomic E-state index is 11.5. The van der Waals surface area contributed by atoms with Gasteiger partial charge in [0.05, 0.1) is 11.6 Å². The molecule has 0 radical (unpaired) electrons. The van der Waals surface area contributed by atoms with E-state index < -0.39 is 5.54 Å². The van der Waals surface area contributed by atoms with Crippen LogP contribution in [0, 0.1) is 0 Å². The van der Waals surface area contributed by atoms with Crippen LogP contribution in [0.15, 0.2) is 0 Å². The Morgan fingerprint density at radius 3 is 2.85 bits per heavy atom. The second-order valence-electron chi connectivity index (χ2n) is 4.23. The van der Waals surface area contributed by atoms with E-state index in [1.807, 2.05) is 18.7 Å². The molecule has 2 heterocycles. The van der Waals surface area contributed by atoms with E-state index in [4.69, 9.17) is 0 Å². The van der Waals surface area contributed by atoms with Crippen LogP contribution in [0.1, 0.15) is 26.7 Å². The molecule has 0 aliphatic carbocycles. The van der Waals surface area contributed by atoms with Crippen molar-refractivity contribution in [2.75, 3.05) is 6.54 Å². The van der Waals surface area contributed by atoms with Gasteiger partial charge in [-0.15, -0.1) is 0 Å². The van der Waals surface area contributed by atoms with Gasteiger partial charge >= 0.3 is 0 Å². The van der Waals surface area contributed by atoms with Gasteiger partial charge in [0.2, 0.25) is 11.8 Å². The molecule has 0 aromatic heterocycles. The van der Waals surface area contributed by atoms with Gasteiger partial charge in [0.25, 0.3) is 0 Å². The summed E-state index contributed by atoms with van der Waals surface area (Å²) in [5.74, 6) is -0.294. The summed E-state index contributed by atoms with van der Waals surface area (Å²) in [4.78, 5) is 24.9. The van der Waals surface area contributed by atoms with Crippen LogP contribution in [0.25, 0.3) is 0 Å². The fourth-order valence-corrected chi connectivity index (χ4v) is 2.19. The number of amides is 2. The van der Waals surface area contributed by atoms with Crippen LogP contribution in [0.3, 0.4) is 0 Å². The summed E-state index contributed by atoms with van der Waals surface area (Å²) in [6.07, 6.45) is 1.89. The van der Waals surface area contributed by atoms with Gasteiger partial charge in [-0.3, -0.25) is 19.8 Å². The lowest BCUT2D eigenvalue weighted by atomic mass is 9.96. The Labute approximate surface area is 77.3 Å². The summed E-state index contributed by atoms with van der Waals surface area (Å²) in [7, 11) is 0. The van der Waals surface area contributed by atoms with Crippen molar-refractivity contribution >= 4 is 11.8 Å². The number of nitrogens with zero attached hydrogens (tertiary/aromatic N) is 1. The van der Waals surface area contributed by atoms with E-state index in [0.29, 0.717) is 0 Å². The standard InChI is InChI=1S/C9H14N2O2/c1-9(2)8(13)10-7(12)6-4-3-5-11(6)9/h6H,3-5H2,1-2H3,(H,10,12,13)/t6-/m1/s1. The van der Waals surface area contributed by atoms with Gasteiger partial charge in [-0.05, 0) is 26.7 Å². The third-order valence-corrected chi connectivity index (χ3v) is 3.07. The Balaban J connectivity index is 2.33. The summed E-state index contributed by atoms with van der Waals surface area (Å²) in [6.45, 7) is 4.59. The minimum Gasteiger partial charge on any atom is -0.293 e. The van der Waals surface area contributed by atoms with Gasteiger partial charge < -0.3 is 0 Å². The van der Waals surface area contributed by atoms with Crippen molar-refractivity contribution in [3.8, 4) is 0 Å². The number of carbonyl (C=O) groups is 2. The Hall–Kier alpha value is -0.900. The average Bonchev–Trinajstić information content (AvgIpc) is 2.49. The monoisotopic (exact) mass is 182 g/mol. The lowest BCUT2D eigenvalue weighted by molar-refractivity contribution is -0.148. The molecule has 0 saturated carbocycles. The average molecular weight is 182 g/mol. The number of hydrogen-bond donors (Lipinski definition) is 1. The Bertz CT molecular complexity index is 273. The molecule has 2 amide bonds. The smallest absolute Gasteiger partial charge is 0.246 e. The van der Waals surface area contributed by atoms with Crippen molar-refractivity contribution in [3.63, 3.8) is 0 Å². The maximum Gasteiger partial charge on any atom is 0.246 e. The number of fused-ring (bicyclic) bond motifs is 1. The molecule has 4 nitrogen and oxygen atoms in total. The predicted molar refractivity (Wildman–Crippen MR) is 47.0 cm³/mol. The lowest BCUT2D eigenvalue weighted by Gasteiger charge is -2.41. The highest BCUT2D eigenvalue weighted by Crippen LogP contribution is 2.29. The highest BCUT2D eigenvalue weighted by molar-refractivity contribution is 6.04. The van der Waals surface area contributed by atoms with Crippen molar-refractivity contribution in [2.45, 2.75) is 38.3 Å². The number of imide groups is 1. The molecular weight excluding hydrogens is 168 g/mol. The van der Waals surface area contributed by atoms with Gasteiger partial charge in [-0.1, -0.05) is 0 Å². The molecule has 4 heteroatoms. The molecular formula is C9H14N2O2. The van der Waals surface area contributed by atoms with Crippen LogP contribution in [0.4, 0.5) is 0 Å².